The summed E-state index contributed by atoms with van der Waals surface area (Å²) in [6, 6.07) is 3.48. The standard InChI is InChI=1S/C14H16ClN3O3S/c1-16(6-10-4-5-11(15)22-10)12(19)7-18-13(20)8-17(14(18)21)9-2-3-9/h4-5,9H,2-3,6-8H2,1H3. The van der Waals surface area contributed by atoms with Crippen molar-refractivity contribution in [2.75, 3.05) is 20.1 Å². The summed E-state index contributed by atoms with van der Waals surface area (Å²) in [4.78, 5) is 41.4. The smallest absolute Gasteiger partial charge is 0.327 e. The van der Waals surface area contributed by atoms with E-state index in [9.17, 15) is 14.4 Å². The van der Waals surface area contributed by atoms with Crippen LogP contribution in [0.3, 0.4) is 0 Å². The van der Waals surface area contributed by atoms with Crippen molar-refractivity contribution in [1.29, 1.82) is 0 Å². The largest absolute Gasteiger partial charge is 0.339 e. The van der Waals surface area contributed by atoms with E-state index in [1.54, 1.807) is 18.0 Å². The summed E-state index contributed by atoms with van der Waals surface area (Å²) in [7, 11) is 1.65. The highest BCUT2D eigenvalue weighted by Crippen LogP contribution is 2.30. The molecule has 0 aromatic carbocycles. The monoisotopic (exact) mass is 341 g/mol. The lowest BCUT2D eigenvalue weighted by atomic mass is 10.4. The molecule has 4 amide bonds. The molecule has 1 aromatic heterocycles. The van der Waals surface area contributed by atoms with E-state index < -0.39 is 0 Å². The van der Waals surface area contributed by atoms with Crippen LogP contribution in [0.25, 0.3) is 0 Å². The van der Waals surface area contributed by atoms with Crippen LogP contribution in [0.2, 0.25) is 4.34 Å². The summed E-state index contributed by atoms with van der Waals surface area (Å²) < 4.78 is 0.667. The van der Waals surface area contributed by atoms with Gasteiger partial charge >= 0.3 is 6.03 Å². The van der Waals surface area contributed by atoms with E-state index in [1.807, 2.05) is 6.07 Å². The lowest BCUT2D eigenvalue weighted by Gasteiger charge is -2.20. The molecule has 2 aliphatic rings. The fourth-order valence-corrected chi connectivity index (χ4v) is 3.54. The molecule has 2 fully saturated rings. The van der Waals surface area contributed by atoms with Crippen molar-refractivity contribution in [3.63, 3.8) is 0 Å². The summed E-state index contributed by atoms with van der Waals surface area (Å²) in [5, 5.41) is 0. The molecular formula is C14H16ClN3O3S. The molecule has 118 valence electrons. The molecule has 0 atom stereocenters. The Labute approximate surface area is 137 Å². The number of nitrogens with zero attached hydrogens (tertiary/aromatic N) is 3. The number of urea groups is 1. The molecule has 0 spiro atoms. The van der Waals surface area contributed by atoms with E-state index in [2.05, 4.69) is 0 Å². The second-order valence-corrected chi connectivity index (χ2v) is 7.38. The van der Waals surface area contributed by atoms with Gasteiger partial charge in [-0.3, -0.25) is 14.5 Å². The molecule has 1 aliphatic heterocycles. The van der Waals surface area contributed by atoms with Gasteiger partial charge in [0.1, 0.15) is 13.1 Å². The summed E-state index contributed by atoms with van der Waals surface area (Å²) in [5.74, 6) is -0.554. The molecule has 1 aromatic rings. The zero-order valence-electron chi connectivity index (χ0n) is 12.1. The van der Waals surface area contributed by atoms with E-state index in [0.717, 1.165) is 22.6 Å². The summed E-state index contributed by atoms with van der Waals surface area (Å²) >= 11 is 7.27. The third kappa shape index (κ3) is 3.10. The van der Waals surface area contributed by atoms with Crippen molar-refractivity contribution >= 4 is 40.8 Å². The van der Waals surface area contributed by atoms with E-state index in [0.29, 0.717) is 10.9 Å². The van der Waals surface area contributed by atoms with Crippen LogP contribution in [0.15, 0.2) is 12.1 Å². The van der Waals surface area contributed by atoms with Gasteiger partial charge in [-0.15, -0.1) is 11.3 Å². The van der Waals surface area contributed by atoms with Crippen molar-refractivity contribution < 1.29 is 14.4 Å². The van der Waals surface area contributed by atoms with E-state index in [1.165, 1.54) is 16.2 Å². The SMILES string of the molecule is CN(Cc1ccc(Cl)s1)C(=O)CN1C(=O)CN(C2CC2)C1=O. The average molecular weight is 342 g/mol. The maximum absolute atomic E-state index is 12.2. The van der Waals surface area contributed by atoms with Gasteiger partial charge in [0.15, 0.2) is 0 Å². The highest BCUT2D eigenvalue weighted by molar-refractivity contribution is 7.16. The Morgan fingerprint density at radius 2 is 2.14 bits per heavy atom. The lowest BCUT2D eigenvalue weighted by Crippen LogP contribution is -2.42. The Kier molecular flexibility index (Phi) is 4.10. The predicted octanol–water partition coefficient (Wildman–Crippen LogP) is 1.79. The molecule has 2 heterocycles. The normalized spacial score (nSPS) is 18.3. The Morgan fingerprint density at radius 3 is 2.73 bits per heavy atom. The van der Waals surface area contributed by atoms with Crippen LogP contribution in [0, 0.1) is 0 Å². The number of amides is 4. The zero-order valence-corrected chi connectivity index (χ0v) is 13.7. The van der Waals surface area contributed by atoms with E-state index >= 15 is 0 Å². The number of carbonyl (C=O) groups excluding carboxylic acids is 3. The van der Waals surface area contributed by atoms with Gasteiger partial charge in [0.25, 0.3) is 5.91 Å². The van der Waals surface area contributed by atoms with Gasteiger partial charge in [-0.1, -0.05) is 11.6 Å². The molecular weight excluding hydrogens is 326 g/mol. The highest BCUT2D eigenvalue weighted by Gasteiger charge is 2.44. The molecule has 22 heavy (non-hydrogen) atoms. The lowest BCUT2D eigenvalue weighted by molar-refractivity contribution is -0.135. The molecule has 6 nitrogen and oxygen atoms in total. The van der Waals surface area contributed by atoms with Crippen LogP contribution in [0.1, 0.15) is 17.7 Å². The van der Waals surface area contributed by atoms with Crippen LogP contribution in [0.4, 0.5) is 4.79 Å². The van der Waals surface area contributed by atoms with E-state index in [4.69, 9.17) is 11.6 Å². The Hall–Kier alpha value is -1.60. The Bertz CT molecular complexity index is 629. The average Bonchev–Trinajstić information content (AvgIpc) is 3.18. The molecule has 0 radical (unpaired) electrons. The topological polar surface area (TPSA) is 60.9 Å². The van der Waals surface area contributed by atoms with Crippen molar-refractivity contribution in [3.05, 3.63) is 21.3 Å². The minimum Gasteiger partial charge on any atom is -0.339 e. The number of halogens is 1. The van der Waals surface area contributed by atoms with E-state index in [-0.39, 0.29) is 37.0 Å². The minimum atomic E-state index is -0.339. The third-order valence-corrected chi connectivity index (χ3v) is 5.03. The number of hydrogen-bond acceptors (Lipinski definition) is 4. The fourth-order valence-electron chi connectivity index (χ4n) is 2.40. The van der Waals surface area contributed by atoms with Crippen LogP contribution < -0.4 is 0 Å². The second kappa shape index (κ2) is 5.89. The third-order valence-electron chi connectivity index (χ3n) is 3.81. The Morgan fingerprint density at radius 1 is 1.41 bits per heavy atom. The van der Waals surface area contributed by atoms with Gasteiger partial charge in [-0.2, -0.15) is 0 Å². The maximum Gasteiger partial charge on any atom is 0.327 e. The Balaban J connectivity index is 1.58. The first-order valence-electron chi connectivity index (χ1n) is 7.05. The van der Waals surface area contributed by atoms with Crippen molar-refractivity contribution in [2.45, 2.75) is 25.4 Å². The number of thiophene rings is 1. The van der Waals surface area contributed by atoms with Crippen molar-refractivity contribution in [2.24, 2.45) is 0 Å². The second-order valence-electron chi connectivity index (χ2n) is 5.58. The summed E-state index contributed by atoms with van der Waals surface area (Å²) in [6.45, 7) is 0.316. The van der Waals surface area contributed by atoms with Crippen LogP contribution >= 0.6 is 22.9 Å². The quantitative estimate of drug-likeness (QED) is 0.767. The maximum atomic E-state index is 12.2. The minimum absolute atomic E-state index is 0.0982. The molecule has 0 N–H and O–H groups in total. The molecule has 1 saturated heterocycles. The number of imide groups is 1. The zero-order chi connectivity index (χ0) is 15.9. The molecule has 0 unspecified atom stereocenters. The van der Waals surface area contributed by atoms with Crippen LogP contribution in [-0.2, 0) is 16.1 Å². The van der Waals surface area contributed by atoms with Gasteiger partial charge in [0.2, 0.25) is 5.91 Å². The van der Waals surface area contributed by atoms with Gasteiger partial charge in [0, 0.05) is 18.0 Å². The number of likely N-dealkylation sites (N-methyl/N-ethyl adjacent to an activating group) is 1. The van der Waals surface area contributed by atoms with Crippen LogP contribution in [0.5, 0.6) is 0 Å². The number of hydrogen-bond donors (Lipinski definition) is 0. The predicted molar refractivity (Wildman–Crippen MR) is 82.6 cm³/mol. The molecule has 8 heteroatoms. The first-order chi connectivity index (χ1) is 10.5. The van der Waals surface area contributed by atoms with Gasteiger partial charge < -0.3 is 9.80 Å². The first kappa shape index (κ1) is 15.3. The number of carbonyl (C=O) groups is 3. The summed E-state index contributed by atoms with van der Waals surface area (Å²) in [5.41, 5.74) is 0. The van der Waals surface area contributed by atoms with Gasteiger partial charge in [-0.25, -0.2) is 4.79 Å². The first-order valence-corrected chi connectivity index (χ1v) is 8.24. The molecule has 3 rings (SSSR count). The van der Waals surface area contributed by atoms with Crippen LogP contribution in [-0.4, -0.2) is 58.7 Å². The summed E-state index contributed by atoms with van der Waals surface area (Å²) in [6.07, 6.45) is 1.89. The van der Waals surface area contributed by atoms with Crippen molar-refractivity contribution in [1.82, 2.24) is 14.7 Å². The number of rotatable bonds is 5. The highest BCUT2D eigenvalue weighted by atomic mass is 35.5. The van der Waals surface area contributed by atoms with Gasteiger partial charge in [0.05, 0.1) is 10.9 Å². The molecule has 0 bridgehead atoms. The fraction of sp³-hybridized carbons (Fsp3) is 0.500. The van der Waals surface area contributed by atoms with Crippen molar-refractivity contribution in [3.8, 4) is 0 Å². The molecule has 1 aliphatic carbocycles. The van der Waals surface area contributed by atoms with Gasteiger partial charge in [-0.05, 0) is 25.0 Å². The molecule has 1 saturated carbocycles.